The van der Waals surface area contributed by atoms with Gasteiger partial charge in [0.1, 0.15) is 0 Å². The zero-order valence-corrected chi connectivity index (χ0v) is 8.38. The van der Waals surface area contributed by atoms with Crippen LogP contribution in [0.1, 0.15) is 17.5 Å². The van der Waals surface area contributed by atoms with Crippen LogP contribution >= 0.6 is 0 Å². The van der Waals surface area contributed by atoms with E-state index in [2.05, 4.69) is 29.3 Å². The second-order valence-electron chi connectivity index (χ2n) is 3.00. The minimum Gasteiger partial charge on any atom is -0.395 e. The molecule has 0 saturated heterocycles. The molecule has 2 heteroatoms. The molecule has 0 aliphatic rings. The van der Waals surface area contributed by atoms with Gasteiger partial charge in [0.05, 0.1) is 6.61 Å². The summed E-state index contributed by atoms with van der Waals surface area (Å²) in [4.78, 5) is 0. The summed E-state index contributed by atoms with van der Waals surface area (Å²) in [6.07, 6.45) is 0.540. The maximum atomic E-state index is 8.55. The van der Waals surface area contributed by atoms with E-state index in [0.717, 1.165) is 12.1 Å². The summed E-state index contributed by atoms with van der Waals surface area (Å²) in [5.74, 6) is 5.87. The van der Waals surface area contributed by atoms with E-state index in [1.807, 2.05) is 19.2 Å². The van der Waals surface area contributed by atoms with Crippen LogP contribution in [0.25, 0.3) is 0 Å². The first-order valence-corrected chi connectivity index (χ1v) is 4.70. The number of rotatable bonds is 3. The molecule has 0 heterocycles. The van der Waals surface area contributed by atoms with Gasteiger partial charge in [0.2, 0.25) is 0 Å². The third-order valence-electron chi connectivity index (χ3n) is 1.80. The van der Waals surface area contributed by atoms with E-state index in [0.29, 0.717) is 6.42 Å². The average molecular weight is 189 g/mol. The van der Waals surface area contributed by atoms with Crippen LogP contribution in [-0.4, -0.2) is 18.8 Å². The monoisotopic (exact) mass is 189 g/mol. The van der Waals surface area contributed by atoms with E-state index in [1.54, 1.807) is 0 Å². The maximum absolute atomic E-state index is 8.55. The Morgan fingerprint density at radius 2 is 2.00 bits per heavy atom. The van der Waals surface area contributed by atoms with Crippen molar-refractivity contribution < 1.29 is 5.11 Å². The van der Waals surface area contributed by atoms with E-state index in [9.17, 15) is 0 Å². The number of benzene rings is 1. The van der Waals surface area contributed by atoms with Crippen molar-refractivity contribution in [3.63, 3.8) is 0 Å². The standard InChI is InChI=1S/C12H15NO/c1-13-10-12-7-5-11(6-8-12)4-2-3-9-14/h5-8,13-14H,3,9-10H2,1H3. The third kappa shape index (κ3) is 3.61. The Morgan fingerprint density at radius 3 is 2.57 bits per heavy atom. The number of hydrogen-bond acceptors (Lipinski definition) is 2. The van der Waals surface area contributed by atoms with Gasteiger partial charge in [-0.15, -0.1) is 0 Å². The van der Waals surface area contributed by atoms with Crippen molar-refractivity contribution in [2.75, 3.05) is 13.7 Å². The fourth-order valence-corrected chi connectivity index (χ4v) is 1.13. The van der Waals surface area contributed by atoms with Gasteiger partial charge in [-0.3, -0.25) is 0 Å². The van der Waals surface area contributed by atoms with E-state index >= 15 is 0 Å². The molecule has 0 radical (unpaired) electrons. The summed E-state index contributed by atoms with van der Waals surface area (Å²) in [6, 6.07) is 8.10. The van der Waals surface area contributed by atoms with Crippen LogP contribution in [-0.2, 0) is 6.54 Å². The fraction of sp³-hybridized carbons (Fsp3) is 0.333. The summed E-state index contributed by atoms with van der Waals surface area (Å²) in [5.41, 5.74) is 2.25. The first kappa shape index (κ1) is 10.8. The molecule has 2 nitrogen and oxygen atoms in total. The normalized spacial score (nSPS) is 9.29. The molecule has 0 fully saturated rings. The lowest BCUT2D eigenvalue weighted by Crippen LogP contribution is -2.04. The molecule has 0 saturated carbocycles. The average Bonchev–Trinajstić information content (AvgIpc) is 2.21. The van der Waals surface area contributed by atoms with Gasteiger partial charge in [-0.1, -0.05) is 24.0 Å². The molecule has 0 spiro atoms. The zero-order chi connectivity index (χ0) is 10.2. The molecule has 14 heavy (non-hydrogen) atoms. The van der Waals surface area contributed by atoms with Crippen LogP contribution in [0.5, 0.6) is 0 Å². The number of aliphatic hydroxyl groups is 1. The van der Waals surface area contributed by atoms with Crippen LogP contribution < -0.4 is 5.32 Å². The minimum absolute atomic E-state index is 0.130. The molecule has 0 bridgehead atoms. The second-order valence-corrected chi connectivity index (χ2v) is 3.00. The number of hydrogen-bond donors (Lipinski definition) is 2. The van der Waals surface area contributed by atoms with Crippen LogP contribution in [0, 0.1) is 11.8 Å². The molecule has 0 aliphatic heterocycles. The van der Waals surface area contributed by atoms with Gasteiger partial charge in [0.25, 0.3) is 0 Å². The highest BCUT2D eigenvalue weighted by atomic mass is 16.2. The zero-order valence-electron chi connectivity index (χ0n) is 8.38. The first-order chi connectivity index (χ1) is 6.86. The minimum atomic E-state index is 0.130. The largest absolute Gasteiger partial charge is 0.395 e. The Labute approximate surface area is 85.0 Å². The van der Waals surface area contributed by atoms with Gasteiger partial charge < -0.3 is 10.4 Å². The Kier molecular flexibility index (Phi) is 4.77. The molecule has 0 amide bonds. The van der Waals surface area contributed by atoms with Crippen LogP contribution in [0.4, 0.5) is 0 Å². The van der Waals surface area contributed by atoms with Gasteiger partial charge in [0, 0.05) is 18.5 Å². The van der Waals surface area contributed by atoms with Gasteiger partial charge in [0.15, 0.2) is 0 Å². The molecule has 74 valence electrons. The summed E-state index contributed by atoms with van der Waals surface area (Å²) in [5, 5.41) is 11.6. The van der Waals surface area contributed by atoms with Gasteiger partial charge in [-0.25, -0.2) is 0 Å². The Balaban J connectivity index is 2.60. The molecular formula is C12H15NO. The first-order valence-electron chi connectivity index (χ1n) is 4.70. The van der Waals surface area contributed by atoms with Crippen LogP contribution in [0.2, 0.25) is 0 Å². The van der Waals surface area contributed by atoms with E-state index in [1.165, 1.54) is 5.56 Å². The van der Waals surface area contributed by atoms with Crippen molar-refractivity contribution in [2.45, 2.75) is 13.0 Å². The lowest BCUT2D eigenvalue weighted by Gasteiger charge is -1.98. The highest BCUT2D eigenvalue weighted by molar-refractivity contribution is 5.36. The summed E-state index contributed by atoms with van der Waals surface area (Å²) in [6.45, 7) is 1.01. The quantitative estimate of drug-likeness (QED) is 0.699. The Morgan fingerprint density at radius 1 is 1.29 bits per heavy atom. The van der Waals surface area contributed by atoms with E-state index in [4.69, 9.17) is 5.11 Å². The van der Waals surface area contributed by atoms with Crippen molar-refractivity contribution in [2.24, 2.45) is 0 Å². The number of aliphatic hydroxyl groups excluding tert-OH is 1. The van der Waals surface area contributed by atoms with Crippen LogP contribution in [0.15, 0.2) is 24.3 Å². The predicted octanol–water partition coefficient (Wildman–Crippen LogP) is 1.14. The lowest BCUT2D eigenvalue weighted by atomic mass is 10.1. The molecule has 0 unspecified atom stereocenters. The summed E-state index contributed by atoms with van der Waals surface area (Å²) < 4.78 is 0. The Hall–Kier alpha value is -1.30. The third-order valence-corrected chi connectivity index (χ3v) is 1.80. The molecule has 0 aliphatic carbocycles. The SMILES string of the molecule is CNCc1ccc(C#CCCO)cc1. The van der Waals surface area contributed by atoms with E-state index < -0.39 is 0 Å². The maximum Gasteiger partial charge on any atom is 0.0540 e. The fourth-order valence-electron chi connectivity index (χ4n) is 1.13. The second kappa shape index (κ2) is 6.20. The van der Waals surface area contributed by atoms with Crippen molar-refractivity contribution in [1.29, 1.82) is 0 Å². The predicted molar refractivity (Wildman–Crippen MR) is 57.8 cm³/mol. The van der Waals surface area contributed by atoms with Gasteiger partial charge in [-0.2, -0.15) is 0 Å². The van der Waals surface area contributed by atoms with E-state index in [-0.39, 0.29) is 6.61 Å². The Bertz CT molecular complexity index is 318. The molecule has 1 rings (SSSR count). The molecule has 0 atom stereocenters. The molecule has 0 aromatic heterocycles. The topological polar surface area (TPSA) is 32.3 Å². The number of nitrogens with one attached hydrogen (secondary N) is 1. The smallest absolute Gasteiger partial charge is 0.0540 e. The van der Waals surface area contributed by atoms with Gasteiger partial charge >= 0.3 is 0 Å². The summed E-state index contributed by atoms with van der Waals surface area (Å²) >= 11 is 0. The molecule has 2 N–H and O–H groups in total. The van der Waals surface area contributed by atoms with Gasteiger partial charge in [-0.05, 0) is 24.7 Å². The molecule has 1 aromatic rings. The highest BCUT2D eigenvalue weighted by Crippen LogP contribution is 2.02. The molecule has 1 aromatic carbocycles. The summed E-state index contributed by atoms with van der Waals surface area (Å²) in [7, 11) is 1.93. The van der Waals surface area contributed by atoms with Crippen molar-refractivity contribution in [3.05, 3.63) is 35.4 Å². The van der Waals surface area contributed by atoms with Crippen molar-refractivity contribution in [3.8, 4) is 11.8 Å². The van der Waals surface area contributed by atoms with Crippen molar-refractivity contribution >= 4 is 0 Å². The van der Waals surface area contributed by atoms with Crippen molar-refractivity contribution in [1.82, 2.24) is 5.32 Å². The molecular weight excluding hydrogens is 174 g/mol. The highest BCUT2D eigenvalue weighted by Gasteiger charge is 1.89. The lowest BCUT2D eigenvalue weighted by molar-refractivity contribution is 0.305. The van der Waals surface area contributed by atoms with Crippen LogP contribution in [0.3, 0.4) is 0 Å².